The molecule has 0 spiro atoms. The van der Waals surface area contributed by atoms with Gasteiger partial charge in [0.25, 0.3) is 5.91 Å². The lowest BCUT2D eigenvalue weighted by molar-refractivity contribution is 0.0896. The van der Waals surface area contributed by atoms with Crippen molar-refractivity contribution < 1.29 is 4.79 Å². The number of hydrogen-bond donors (Lipinski definition) is 2. The number of carbonyl (C=O) groups is 1. The number of likely N-dealkylation sites (tertiary alicyclic amines) is 1. The summed E-state index contributed by atoms with van der Waals surface area (Å²) < 4.78 is 0. The number of anilines is 1. The zero-order chi connectivity index (χ0) is 16.1. The molecule has 0 bridgehead atoms. The van der Waals surface area contributed by atoms with Crippen molar-refractivity contribution in [1.82, 2.24) is 15.2 Å². The smallest absolute Gasteiger partial charge is 0.270 e. The van der Waals surface area contributed by atoms with Crippen LogP contribution in [0.5, 0.6) is 0 Å². The van der Waals surface area contributed by atoms with E-state index >= 15 is 0 Å². The molecule has 1 aliphatic heterocycles. The van der Waals surface area contributed by atoms with Gasteiger partial charge in [0.2, 0.25) is 0 Å². The van der Waals surface area contributed by atoms with Gasteiger partial charge in [0, 0.05) is 19.1 Å². The number of hydrogen-bond acceptors (Lipinski definition) is 4. The predicted octanol–water partition coefficient (Wildman–Crippen LogP) is 2.06. The molecule has 23 heavy (non-hydrogen) atoms. The Balaban J connectivity index is 1.57. The molecule has 1 fully saturated rings. The Morgan fingerprint density at radius 3 is 2.83 bits per heavy atom. The third-order valence-corrected chi connectivity index (χ3v) is 4.09. The Kier molecular flexibility index (Phi) is 4.88. The lowest BCUT2D eigenvalue weighted by Gasteiger charge is -2.33. The number of carbonyl (C=O) groups excluding carboxylic acids is 1. The topological polar surface area (TPSA) is 71.2 Å². The quantitative estimate of drug-likeness (QED) is 0.907. The maximum absolute atomic E-state index is 12.3. The number of nitrogen functional groups attached to an aromatic ring is 1. The van der Waals surface area contributed by atoms with E-state index in [9.17, 15) is 4.79 Å². The van der Waals surface area contributed by atoms with Crippen LogP contribution in [-0.2, 0) is 6.54 Å². The van der Waals surface area contributed by atoms with E-state index in [0.29, 0.717) is 11.5 Å². The van der Waals surface area contributed by atoms with Gasteiger partial charge < -0.3 is 11.1 Å². The number of aromatic nitrogens is 1. The second-order valence-corrected chi connectivity index (χ2v) is 5.98. The van der Waals surface area contributed by atoms with Gasteiger partial charge in [-0.2, -0.15) is 0 Å². The highest BCUT2D eigenvalue weighted by atomic mass is 16.1. The van der Waals surface area contributed by atoms with Gasteiger partial charge in [-0.05, 0) is 37.1 Å². The van der Waals surface area contributed by atoms with Crippen LogP contribution in [0.4, 0.5) is 5.82 Å². The Morgan fingerprint density at radius 1 is 1.22 bits per heavy atom. The van der Waals surface area contributed by atoms with Crippen molar-refractivity contribution in [3.63, 3.8) is 0 Å². The fourth-order valence-corrected chi connectivity index (χ4v) is 3.00. The lowest BCUT2D eigenvalue weighted by atomic mass is 10.0. The molecule has 3 N–H and O–H groups in total. The van der Waals surface area contributed by atoms with E-state index in [1.807, 2.05) is 6.07 Å². The van der Waals surface area contributed by atoms with Crippen LogP contribution in [0.15, 0.2) is 48.5 Å². The molecule has 1 amide bonds. The molecule has 1 atom stereocenters. The fourth-order valence-electron chi connectivity index (χ4n) is 3.00. The lowest BCUT2D eigenvalue weighted by Crippen LogP contribution is -2.47. The number of piperidine rings is 1. The molecule has 0 radical (unpaired) electrons. The van der Waals surface area contributed by atoms with E-state index in [-0.39, 0.29) is 11.9 Å². The number of amides is 1. The van der Waals surface area contributed by atoms with Gasteiger partial charge in [0.15, 0.2) is 0 Å². The van der Waals surface area contributed by atoms with Crippen LogP contribution in [0, 0.1) is 0 Å². The number of nitrogens with zero attached hydrogens (tertiary/aromatic N) is 2. The average molecular weight is 310 g/mol. The minimum Gasteiger partial charge on any atom is -0.384 e. The van der Waals surface area contributed by atoms with E-state index in [1.165, 1.54) is 5.56 Å². The summed E-state index contributed by atoms with van der Waals surface area (Å²) in [6.07, 6.45) is 2.08. The van der Waals surface area contributed by atoms with E-state index in [1.54, 1.807) is 18.2 Å². The molecule has 3 rings (SSSR count). The van der Waals surface area contributed by atoms with Crippen molar-refractivity contribution in [2.24, 2.45) is 0 Å². The Labute approximate surface area is 136 Å². The molecule has 1 aromatic heterocycles. The van der Waals surface area contributed by atoms with Crippen LogP contribution >= 0.6 is 0 Å². The normalized spacial score (nSPS) is 18.5. The average Bonchev–Trinajstić information content (AvgIpc) is 2.56. The van der Waals surface area contributed by atoms with Crippen LogP contribution in [0.2, 0.25) is 0 Å². The molecule has 1 aromatic carbocycles. The summed E-state index contributed by atoms with van der Waals surface area (Å²) >= 11 is 0. The fraction of sp³-hybridized carbons (Fsp3) is 0.333. The predicted molar refractivity (Wildman–Crippen MR) is 90.9 cm³/mol. The first-order valence-electron chi connectivity index (χ1n) is 8.00. The second kappa shape index (κ2) is 7.24. The molecule has 1 aliphatic rings. The van der Waals surface area contributed by atoms with Crippen molar-refractivity contribution in [2.45, 2.75) is 25.4 Å². The molecule has 1 unspecified atom stereocenters. The van der Waals surface area contributed by atoms with Gasteiger partial charge in [-0.25, -0.2) is 4.98 Å². The van der Waals surface area contributed by atoms with Gasteiger partial charge in [-0.3, -0.25) is 9.69 Å². The van der Waals surface area contributed by atoms with Gasteiger partial charge in [0.1, 0.15) is 11.5 Å². The van der Waals surface area contributed by atoms with E-state index < -0.39 is 0 Å². The van der Waals surface area contributed by atoms with Crippen LogP contribution in [0.25, 0.3) is 0 Å². The second-order valence-electron chi connectivity index (χ2n) is 5.98. The molecule has 2 heterocycles. The molecular weight excluding hydrogens is 288 g/mol. The number of benzene rings is 1. The molecule has 1 saturated heterocycles. The SMILES string of the molecule is Nc1cccc(C(=O)NC2CCCN(Cc3ccccc3)C2)n1. The van der Waals surface area contributed by atoms with E-state index in [2.05, 4.69) is 39.5 Å². The highest BCUT2D eigenvalue weighted by Gasteiger charge is 2.22. The van der Waals surface area contributed by atoms with Crippen molar-refractivity contribution in [3.8, 4) is 0 Å². The maximum Gasteiger partial charge on any atom is 0.270 e. The summed E-state index contributed by atoms with van der Waals surface area (Å²) in [6, 6.07) is 15.7. The van der Waals surface area contributed by atoms with Crippen molar-refractivity contribution in [1.29, 1.82) is 0 Å². The van der Waals surface area contributed by atoms with E-state index in [0.717, 1.165) is 32.5 Å². The largest absolute Gasteiger partial charge is 0.384 e. The summed E-state index contributed by atoms with van der Waals surface area (Å²) in [5.41, 5.74) is 7.32. The van der Waals surface area contributed by atoms with Gasteiger partial charge in [0.05, 0.1) is 0 Å². The number of rotatable bonds is 4. The monoisotopic (exact) mass is 310 g/mol. The molecule has 5 nitrogen and oxygen atoms in total. The third-order valence-electron chi connectivity index (χ3n) is 4.09. The summed E-state index contributed by atoms with van der Waals surface area (Å²) in [5, 5.41) is 3.08. The third kappa shape index (κ3) is 4.29. The van der Waals surface area contributed by atoms with Crippen molar-refractivity contribution in [3.05, 3.63) is 59.8 Å². The summed E-state index contributed by atoms with van der Waals surface area (Å²) in [7, 11) is 0. The van der Waals surface area contributed by atoms with Crippen LogP contribution in [-0.4, -0.2) is 34.9 Å². The first-order chi connectivity index (χ1) is 11.2. The Morgan fingerprint density at radius 2 is 2.04 bits per heavy atom. The van der Waals surface area contributed by atoms with Gasteiger partial charge in [-0.15, -0.1) is 0 Å². The number of nitrogens with one attached hydrogen (secondary N) is 1. The first-order valence-corrected chi connectivity index (χ1v) is 8.00. The summed E-state index contributed by atoms with van der Waals surface area (Å²) in [4.78, 5) is 18.7. The van der Waals surface area contributed by atoms with Crippen molar-refractivity contribution >= 4 is 11.7 Å². The summed E-state index contributed by atoms with van der Waals surface area (Å²) in [6.45, 7) is 2.85. The first kappa shape index (κ1) is 15.5. The molecule has 120 valence electrons. The zero-order valence-corrected chi connectivity index (χ0v) is 13.1. The van der Waals surface area contributed by atoms with Crippen LogP contribution < -0.4 is 11.1 Å². The minimum atomic E-state index is -0.149. The van der Waals surface area contributed by atoms with Crippen molar-refractivity contribution in [2.75, 3.05) is 18.8 Å². The summed E-state index contributed by atoms with van der Waals surface area (Å²) in [5.74, 6) is 0.218. The van der Waals surface area contributed by atoms with E-state index in [4.69, 9.17) is 5.73 Å². The molecule has 0 aliphatic carbocycles. The number of nitrogens with two attached hydrogens (primary N) is 1. The van der Waals surface area contributed by atoms with Gasteiger partial charge >= 0.3 is 0 Å². The standard InChI is InChI=1S/C18H22N4O/c19-17-10-4-9-16(21-17)18(23)20-15-8-5-11-22(13-15)12-14-6-2-1-3-7-14/h1-4,6-7,9-10,15H,5,8,11-13H2,(H2,19,21)(H,20,23). The Hall–Kier alpha value is -2.40. The minimum absolute atomic E-state index is 0.149. The van der Waals surface area contributed by atoms with Crippen LogP contribution in [0.3, 0.4) is 0 Å². The van der Waals surface area contributed by atoms with Gasteiger partial charge in [-0.1, -0.05) is 36.4 Å². The molecule has 5 heteroatoms. The zero-order valence-electron chi connectivity index (χ0n) is 13.1. The Bertz CT molecular complexity index is 659. The molecule has 0 saturated carbocycles. The molecule has 2 aromatic rings. The number of pyridine rings is 1. The maximum atomic E-state index is 12.3. The molecular formula is C18H22N4O. The highest BCUT2D eigenvalue weighted by Crippen LogP contribution is 2.14. The highest BCUT2D eigenvalue weighted by molar-refractivity contribution is 5.92. The van der Waals surface area contributed by atoms with Crippen LogP contribution in [0.1, 0.15) is 28.9 Å².